The molecule has 0 saturated carbocycles. The molecule has 4 aromatic rings. The number of rotatable bonds is 5. The van der Waals surface area contributed by atoms with E-state index in [0.717, 1.165) is 24.6 Å². The van der Waals surface area contributed by atoms with Crippen molar-refractivity contribution in [2.45, 2.75) is 140 Å². The Morgan fingerprint density at radius 2 is 1.03 bits per heavy atom. The van der Waals surface area contributed by atoms with Gasteiger partial charge >= 0.3 is 17.9 Å². The van der Waals surface area contributed by atoms with Crippen molar-refractivity contribution in [2.75, 3.05) is 48.9 Å². The molecule has 4 aromatic carbocycles. The summed E-state index contributed by atoms with van der Waals surface area (Å²) in [6.07, 6.45) is 0.793. The van der Waals surface area contributed by atoms with Crippen LogP contribution < -0.4 is 11.5 Å². The third-order valence-electron chi connectivity index (χ3n) is 6.62. The van der Waals surface area contributed by atoms with Gasteiger partial charge in [-0.25, -0.2) is 14.4 Å². The minimum absolute atomic E-state index is 0. The van der Waals surface area contributed by atoms with E-state index >= 15 is 0 Å². The number of nitrogens with two attached hydrogens (primary N) is 2. The number of nitro groups is 1. The summed E-state index contributed by atoms with van der Waals surface area (Å²) in [6, 6.07) is 24.7. The van der Waals surface area contributed by atoms with Gasteiger partial charge in [-0.2, -0.15) is 0 Å². The number of ether oxygens (including phenoxy) is 4. The molecule has 0 spiro atoms. The zero-order valence-corrected chi connectivity index (χ0v) is 54.4. The van der Waals surface area contributed by atoms with E-state index in [4.69, 9.17) is 26.0 Å². The highest BCUT2D eigenvalue weighted by atomic mass is 127. The number of nitro benzene ring substituents is 1. The lowest BCUT2D eigenvalue weighted by molar-refractivity contribution is -0.384. The first-order valence-electron chi connectivity index (χ1n) is 21.9. The average molecular weight is 1580 g/mol. The molecule has 72 heavy (non-hydrogen) atoms. The zero-order valence-electron chi connectivity index (χ0n) is 43.6. The summed E-state index contributed by atoms with van der Waals surface area (Å²) in [7, 11) is 5.29. The molecule has 0 radical (unpaired) electrons. The number of fused-ring (bicyclic) bond motifs is 1. The van der Waals surface area contributed by atoms with Crippen LogP contribution in [0.5, 0.6) is 0 Å². The predicted molar refractivity (Wildman–Crippen MR) is 360 cm³/mol. The number of anilines is 2. The van der Waals surface area contributed by atoms with Gasteiger partial charge < -0.3 is 35.5 Å². The number of nitrogen functional groups attached to an aromatic ring is 2. The van der Waals surface area contributed by atoms with Crippen molar-refractivity contribution in [3.63, 3.8) is 0 Å². The van der Waals surface area contributed by atoms with Gasteiger partial charge in [0.15, 0.2) is 0 Å². The van der Waals surface area contributed by atoms with Crippen LogP contribution in [0.1, 0.15) is 166 Å². The van der Waals surface area contributed by atoms with E-state index < -0.39 is 10.9 Å². The van der Waals surface area contributed by atoms with E-state index in [0.29, 0.717) is 41.3 Å². The minimum atomic E-state index is -0.564. The second-order valence-corrected chi connectivity index (χ2v) is 25.7. The van der Waals surface area contributed by atoms with Gasteiger partial charge in [0.1, 0.15) is -0.0619 Å². The predicted octanol–water partition coefficient (Wildman–Crippen LogP) is 18.6. The quantitative estimate of drug-likeness (QED) is 0.0325. The van der Waals surface area contributed by atoms with Crippen LogP contribution in [0.15, 0.2) is 84.9 Å². The molecule has 0 aromatic heterocycles. The molecule has 0 aliphatic carbocycles. The molecule has 13 nitrogen and oxygen atoms in total. The van der Waals surface area contributed by atoms with Crippen molar-refractivity contribution in [3.05, 3.63) is 134 Å². The summed E-state index contributed by atoms with van der Waals surface area (Å²) >= 11 is 11.5. The summed E-state index contributed by atoms with van der Waals surface area (Å²) in [4.78, 5) is 43.3. The minimum Gasteiger partial charge on any atom is -0.465 e. The third-order valence-corrected chi connectivity index (χ3v) is 6.62. The Kier molecular flexibility index (Phi) is 104. The van der Waals surface area contributed by atoms with Crippen LogP contribution in [-0.2, 0) is 32.0 Å². The number of alkyl halides is 5. The smallest absolute Gasteiger partial charge is 0.338 e. The van der Waals surface area contributed by atoms with E-state index in [-0.39, 0.29) is 52.9 Å². The maximum Gasteiger partial charge on any atom is 0.338 e. The fourth-order valence-electron chi connectivity index (χ4n) is 4.10. The van der Waals surface area contributed by atoms with Crippen LogP contribution in [0.3, 0.4) is 0 Å². The number of aliphatic hydroxyl groups is 1. The van der Waals surface area contributed by atoms with Crippen LogP contribution in [0.2, 0.25) is 0 Å². The van der Waals surface area contributed by atoms with Gasteiger partial charge in [0.2, 0.25) is 0 Å². The normalized spacial score (nSPS) is 8.49. The van der Waals surface area contributed by atoms with Gasteiger partial charge in [0.05, 0.1) is 51.5 Å². The molecular weight excluding hydrogens is 1490 g/mol. The number of aryl methyl sites for hydroxylation is 2. The molecule has 5 N–H and O–H groups in total. The molecule has 0 bridgehead atoms. The summed E-state index contributed by atoms with van der Waals surface area (Å²) < 4.78 is 20.8. The van der Waals surface area contributed by atoms with Crippen molar-refractivity contribution in [2.24, 2.45) is 0 Å². The lowest BCUT2D eigenvalue weighted by Gasteiger charge is -2.15. The van der Waals surface area contributed by atoms with Gasteiger partial charge in [-0.05, 0) is 60.4 Å². The molecule has 18 heteroatoms. The molecule has 0 unspecified atom stereocenters. The Labute approximate surface area is 508 Å². The average Bonchev–Trinajstić information content (AvgIpc) is 3.37. The number of aliphatic hydroxyl groups excluding tert-OH is 1. The second-order valence-electron chi connectivity index (χ2n) is 10.4. The van der Waals surface area contributed by atoms with E-state index in [9.17, 15) is 24.5 Å². The highest BCUT2D eigenvalue weighted by Gasteiger charge is 2.18. The second kappa shape index (κ2) is 75.4. The SMILES string of the molecule is C.C.C.C.CC.CC.CC.CC.CC.CC.CO.COC(=O)c1cc(N)ccc1C.COC(=O)c1cc([N+](=O)[O-])ccc1C.COCc1ccccc1.IC(I)I.ICI.Nc1ccc2c(c1)C(=O)OCC2. The molecule has 0 fully saturated rings. The summed E-state index contributed by atoms with van der Waals surface area (Å²) in [5.74, 6) is -1.17. The Balaban J connectivity index is -0.0000000584. The van der Waals surface area contributed by atoms with Crippen molar-refractivity contribution in [1.29, 1.82) is 0 Å². The van der Waals surface area contributed by atoms with E-state index in [1.54, 1.807) is 44.4 Å². The first-order chi connectivity index (χ1) is 32.6. The maximum atomic E-state index is 11.2. The van der Waals surface area contributed by atoms with Crippen LogP contribution in [0.25, 0.3) is 0 Å². The molecule has 0 atom stereocenters. The highest BCUT2D eigenvalue weighted by molar-refractivity contribution is 14.3. The lowest BCUT2D eigenvalue weighted by atomic mass is 10.0. The fraction of sp³-hybridized carbons (Fsp3) is 0.500. The van der Waals surface area contributed by atoms with Gasteiger partial charge in [0.25, 0.3) is 5.69 Å². The Morgan fingerprint density at radius 1 is 0.667 bits per heavy atom. The first kappa shape index (κ1) is 98.9. The Hall–Kier alpha value is -2.14. The number of esters is 3. The van der Waals surface area contributed by atoms with E-state index in [2.05, 4.69) is 122 Å². The monoisotopic (exact) mass is 1580 g/mol. The molecule has 0 amide bonds. The number of hydrogen-bond donors (Lipinski definition) is 3. The highest BCUT2D eigenvalue weighted by Crippen LogP contribution is 2.20. The number of hydrogen-bond acceptors (Lipinski definition) is 12. The van der Waals surface area contributed by atoms with Crippen LogP contribution in [0.4, 0.5) is 17.1 Å². The summed E-state index contributed by atoms with van der Waals surface area (Å²) in [6.45, 7) is 28.7. The number of halogens is 5. The number of carbonyl (C=O) groups excluding carboxylic acids is 3. The molecule has 424 valence electrons. The Bertz CT molecular complexity index is 1770. The van der Waals surface area contributed by atoms with Crippen LogP contribution in [0, 0.1) is 24.0 Å². The van der Waals surface area contributed by atoms with Crippen molar-refractivity contribution >= 4 is 148 Å². The number of benzene rings is 4. The standard InChI is InChI=1S/C9H9NO4.C9H9NO2.C9H11NO2.C8H10O.6C2H6.CHI3.CH2I2.CH4O.4CH4/c1-6-3-4-7(10(12)13)5-8(6)9(11)14-2;10-7-2-1-6-3-4-12-9(11)8(6)5-7;1-6-3-4-7(10)5-8(6)9(11)12-2;1-9-7-8-5-3-2-4-6-8;6*1-2;2-1(3)4;2-1-3;1-2;;;;/h3-5H,1-2H3;1-2,5H,3-4,10H2;3-5H,10H2,1-2H3;2-6H,7H2,1H3;6*1-2H3;1H;1H2;2H,1H3;4*1H4. The molecule has 1 heterocycles. The van der Waals surface area contributed by atoms with Crippen LogP contribution >= 0.6 is 113 Å². The van der Waals surface area contributed by atoms with Crippen molar-refractivity contribution < 1.29 is 43.4 Å². The molecular formula is C54H98I5N3O10. The van der Waals surface area contributed by atoms with Crippen molar-refractivity contribution in [3.8, 4) is 0 Å². The number of non-ortho nitro benzene ring substituents is 1. The number of nitrogens with zero attached hydrogens (tertiary/aromatic N) is 1. The topological polar surface area (TPSA) is 204 Å². The van der Waals surface area contributed by atoms with Crippen molar-refractivity contribution in [1.82, 2.24) is 0 Å². The molecule has 5 rings (SSSR count). The van der Waals surface area contributed by atoms with E-state index in [1.807, 2.05) is 126 Å². The molecule has 0 saturated heterocycles. The van der Waals surface area contributed by atoms with E-state index in [1.165, 1.54) is 40.4 Å². The van der Waals surface area contributed by atoms with Gasteiger partial charge in [-0.15, -0.1) is 0 Å². The lowest BCUT2D eigenvalue weighted by Crippen LogP contribution is -2.17. The Morgan fingerprint density at radius 3 is 1.40 bits per heavy atom. The van der Waals surface area contributed by atoms with Crippen LogP contribution in [-0.4, -0.2) is 65.4 Å². The fourth-order valence-corrected chi connectivity index (χ4v) is 4.10. The zero-order chi connectivity index (χ0) is 55.2. The third kappa shape index (κ3) is 55.6. The number of carbonyl (C=O) groups is 3. The summed E-state index contributed by atoms with van der Waals surface area (Å²) in [5, 5.41) is 17.4. The van der Waals surface area contributed by atoms with Gasteiger partial charge in [-0.1, -0.05) is 274 Å². The number of cyclic esters (lactones) is 1. The summed E-state index contributed by atoms with van der Waals surface area (Å²) in [5.41, 5.74) is 17.2. The molecule has 1 aliphatic rings. The number of methoxy groups -OCH3 is 3. The maximum absolute atomic E-state index is 11.2. The first-order valence-corrected chi connectivity index (χ1v) is 28.7. The van der Waals surface area contributed by atoms with Gasteiger partial charge in [-0.3, -0.25) is 10.1 Å². The molecule has 1 aliphatic heterocycles. The van der Waals surface area contributed by atoms with Gasteiger partial charge in [0, 0.05) is 44.1 Å². The largest absolute Gasteiger partial charge is 0.465 e.